The van der Waals surface area contributed by atoms with E-state index in [0.29, 0.717) is 18.9 Å². The van der Waals surface area contributed by atoms with E-state index in [1.54, 1.807) is 12.1 Å². The molecule has 0 aromatic heterocycles. The number of anilines is 2. The second kappa shape index (κ2) is 6.69. The Morgan fingerprint density at radius 1 is 1.20 bits per heavy atom. The van der Waals surface area contributed by atoms with E-state index in [1.165, 1.54) is 6.07 Å². The van der Waals surface area contributed by atoms with Crippen molar-refractivity contribution in [1.29, 1.82) is 5.26 Å². The summed E-state index contributed by atoms with van der Waals surface area (Å²) in [6.07, 6.45) is 0. The van der Waals surface area contributed by atoms with Crippen LogP contribution in [-0.2, 0) is 11.3 Å². The fourth-order valence-electron chi connectivity index (χ4n) is 1.80. The summed E-state index contributed by atoms with van der Waals surface area (Å²) >= 11 is 0. The molecule has 1 N–H and O–H groups in total. The highest BCUT2D eigenvalue weighted by Crippen LogP contribution is 2.22. The van der Waals surface area contributed by atoms with Gasteiger partial charge in [0.1, 0.15) is 17.4 Å². The Bertz CT molecular complexity index is 617. The number of rotatable bonds is 5. The monoisotopic (exact) mass is 270 g/mol. The van der Waals surface area contributed by atoms with Crippen molar-refractivity contribution in [3.8, 4) is 6.07 Å². The largest absolute Gasteiger partial charge is 0.377 e. The highest BCUT2D eigenvalue weighted by Gasteiger charge is 2.07. The molecular weight excluding hydrogens is 255 g/mol. The average molecular weight is 270 g/mol. The Morgan fingerprint density at radius 2 is 1.95 bits per heavy atom. The Hall–Kier alpha value is -2.38. The number of hydrogen-bond donors (Lipinski definition) is 1. The second-order valence-electron chi connectivity index (χ2n) is 4.23. The molecule has 20 heavy (non-hydrogen) atoms. The van der Waals surface area contributed by atoms with Gasteiger partial charge in [0.25, 0.3) is 0 Å². The summed E-state index contributed by atoms with van der Waals surface area (Å²) in [5.74, 6) is -0.523. The number of nitrogens with zero attached hydrogens (tertiary/aromatic N) is 1. The molecular formula is C16H15FN2O. The van der Waals surface area contributed by atoms with Crippen molar-refractivity contribution in [2.24, 2.45) is 0 Å². The van der Waals surface area contributed by atoms with Gasteiger partial charge in [-0.2, -0.15) is 5.26 Å². The number of halogens is 1. The maximum atomic E-state index is 13.5. The smallest absolute Gasteiger partial charge is 0.143 e. The van der Waals surface area contributed by atoms with E-state index in [2.05, 4.69) is 5.32 Å². The van der Waals surface area contributed by atoms with Crippen LogP contribution in [0.1, 0.15) is 18.1 Å². The first-order valence-corrected chi connectivity index (χ1v) is 6.37. The summed E-state index contributed by atoms with van der Waals surface area (Å²) in [6.45, 7) is 3.19. The number of ether oxygens (including phenoxy) is 1. The van der Waals surface area contributed by atoms with Gasteiger partial charge in [-0.05, 0) is 36.8 Å². The minimum Gasteiger partial charge on any atom is -0.377 e. The molecule has 0 aliphatic carbocycles. The first-order valence-electron chi connectivity index (χ1n) is 6.37. The molecule has 4 heteroatoms. The summed E-state index contributed by atoms with van der Waals surface area (Å²) in [5, 5.41) is 12.0. The molecule has 0 unspecified atom stereocenters. The second-order valence-corrected chi connectivity index (χ2v) is 4.23. The standard InChI is InChI=1S/C16H15FN2O/c1-2-20-11-12-6-8-13(9-7-12)19-16-5-3-4-15(17)14(16)10-18/h3-9,19H,2,11H2,1H3. The maximum absolute atomic E-state index is 13.5. The molecule has 0 aliphatic rings. The van der Waals surface area contributed by atoms with E-state index < -0.39 is 5.82 Å². The summed E-state index contributed by atoms with van der Waals surface area (Å²) in [5.41, 5.74) is 2.35. The molecule has 0 fully saturated rings. The van der Waals surface area contributed by atoms with Crippen molar-refractivity contribution in [3.05, 3.63) is 59.4 Å². The number of nitrogens with one attached hydrogen (secondary N) is 1. The molecule has 2 aromatic rings. The minimum atomic E-state index is -0.523. The van der Waals surface area contributed by atoms with E-state index in [1.807, 2.05) is 37.3 Å². The minimum absolute atomic E-state index is 0.0193. The van der Waals surface area contributed by atoms with Gasteiger partial charge in [-0.1, -0.05) is 18.2 Å². The third-order valence-electron chi connectivity index (χ3n) is 2.83. The van der Waals surface area contributed by atoms with Gasteiger partial charge in [0.2, 0.25) is 0 Å². The Kier molecular flexibility index (Phi) is 4.70. The third-order valence-corrected chi connectivity index (χ3v) is 2.83. The molecule has 0 aliphatic heterocycles. The molecule has 0 saturated carbocycles. The van der Waals surface area contributed by atoms with E-state index in [4.69, 9.17) is 10.00 Å². The fraction of sp³-hybridized carbons (Fsp3) is 0.188. The summed E-state index contributed by atoms with van der Waals surface area (Å²) < 4.78 is 18.8. The number of hydrogen-bond acceptors (Lipinski definition) is 3. The number of nitriles is 1. The Balaban J connectivity index is 2.15. The van der Waals surface area contributed by atoms with Crippen LogP contribution in [0.2, 0.25) is 0 Å². The van der Waals surface area contributed by atoms with Crippen LogP contribution in [0.5, 0.6) is 0 Å². The lowest BCUT2D eigenvalue weighted by Gasteiger charge is -2.09. The zero-order valence-electron chi connectivity index (χ0n) is 11.2. The van der Waals surface area contributed by atoms with Crippen LogP contribution < -0.4 is 5.32 Å². The van der Waals surface area contributed by atoms with Crippen molar-refractivity contribution in [2.75, 3.05) is 11.9 Å². The van der Waals surface area contributed by atoms with Gasteiger partial charge < -0.3 is 10.1 Å². The van der Waals surface area contributed by atoms with Gasteiger partial charge in [0.15, 0.2) is 0 Å². The van der Waals surface area contributed by atoms with E-state index in [-0.39, 0.29) is 5.56 Å². The van der Waals surface area contributed by atoms with Crippen molar-refractivity contribution in [3.63, 3.8) is 0 Å². The average Bonchev–Trinajstić information content (AvgIpc) is 2.47. The summed E-state index contributed by atoms with van der Waals surface area (Å²) in [4.78, 5) is 0. The first-order chi connectivity index (χ1) is 9.74. The highest BCUT2D eigenvalue weighted by molar-refractivity contribution is 5.66. The van der Waals surface area contributed by atoms with Crippen molar-refractivity contribution in [1.82, 2.24) is 0 Å². The van der Waals surface area contributed by atoms with Crippen molar-refractivity contribution >= 4 is 11.4 Å². The molecule has 0 saturated heterocycles. The van der Waals surface area contributed by atoms with Gasteiger partial charge in [0.05, 0.1) is 12.3 Å². The lowest BCUT2D eigenvalue weighted by atomic mass is 10.1. The molecule has 0 amide bonds. The van der Waals surface area contributed by atoms with Gasteiger partial charge in [-0.25, -0.2) is 4.39 Å². The number of benzene rings is 2. The predicted molar refractivity (Wildman–Crippen MR) is 76.2 cm³/mol. The first kappa shape index (κ1) is 14.0. The highest BCUT2D eigenvalue weighted by atomic mass is 19.1. The summed E-state index contributed by atoms with van der Waals surface area (Å²) in [7, 11) is 0. The quantitative estimate of drug-likeness (QED) is 0.893. The molecule has 102 valence electrons. The molecule has 0 spiro atoms. The van der Waals surface area contributed by atoms with E-state index >= 15 is 0 Å². The third kappa shape index (κ3) is 3.34. The van der Waals surface area contributed by atoms with E-state index in [9.17, 15) is 4.39 Å². The predicted octanol–water partition coefficient (Wildman–Crippen LogP) is 3.98. The molecule has 0 heterocycles. The Morgan fingerprint density at radius 3 is 2.60 bits per heavy atom. The van der Waals surface area contributed by atoms with Gasteiger partial charge >= 0.3 is 0 Å². The fourth-order valence-corrected chi connectivity index (χ4v) is 1.80. The van der Waals surface area contributed by atoms with Gasteiger partial charge in [-0.15, -0.1) is 0 Å². The van der Waals surface area contributed by atoms with Gasteiger partial charge in [0, 0.05) is 12.3 Å². The van der Waals surface area contributed by atoms with Gasteiger partial charge in [-0.3, -0.25) is 0 Å². The van der Waals surface area contributed by atoms with Crippen molar-refractivity contribution < 1.29 is 9.13 Å². The zero-order chi connectivity index (χ0) is 14.4. The molecule has 0 atom stereocenters. The van der Waals surface area contributed by atoms with Crippen LogP contribution in [-0.4, -0.2) is 6.61 Å². The lowest BCUT2D eigenvalue weighted by Crippen LogP contribution is -1.97. The molecule has 0 radical (unpaired) electrons. The zero-order valence-corrected chi connectivity index (χ0v) is 11.2. The lowest BCUT2D eigenvalue weighted by molar-refractivity contribution is 0.134. The molecule has 3 nitrogen and oxygen atoms in total. The molecule has 2 rings (SSSR count). The topological polar surface area (TPSA) is 45.0 Å². The SMILES string of the molecule is CCOCc1ccc(Nc2cccc(F)c2C#N)cc1. The summed E-state index contributed by atoms with van der Waals surface area (Å²) in [6, 6.07) is 14.0. The maximum Gasteiger partial charge on any atom is 0.143 e. The normalized spacial score (nSPS) is 10.1. The van der Waals surface area contributed by atoms with Crippen LogP contribution in [0, 0.1) is 17.1 Å². The van der Waals surface area contributed by atoms with Crippen LogP contribution in [0.25, 0.3) is 0 Å². The van der Waals surface area contributed by atoms with Crippen LogP contribution in [0.15, 0.2) is 42.5 Å². The molecule has 0 bridgehead atoms. The molecule has 2 aromatic carbocycles. The Labute approximate surface area is 117 Å². The van der Waals surface area contributed by atoms with Crippen LogP contribution in [0.3, 0.4) is 0 Å². The van der Waals surface area contributed by atoms with Crippen LogP contribution >= 0.6 is 0 Å². The van der Waals surface area contributed by atoms with E-state index in [0.717, 1.165) is 11.3 Å². The van der Waals surface area contributed by atoms with Crippen molar-refractivity contribution in [2.45, 2.75) is 13.5 Å². The van der Waals surface area contributed by atoms with Crippen LogP contribution in [0.4, 0.5) is 15.8 Å².